The van der Waals surface area contributed by atoms with Crippen LogP contribution >= 0.6 is 0 Å². The number of aliphatic hydroxyl groups excluding tert-OH is 1. The summed E-state index contributed by atoms with van der Waals surface area (Å²) in [6.45, 7) is 8.63. The molecule has 0 radical (unpaired) electrons. The molecule has 2 nitrogen and oxygen atoms in total. The second-order valence-electron chi connectivity index (χ2n) is 5.97. The fraction of sp³-hybridized carbons (Fsp3) is 0.667. The van der Waals surface area contributed by atoms with Crippen LogP contribution < -0.4 is 0 Å². The van der Waals surface area contributed by atoms with E-state index >= 15 is 0 Å². The Morgan fingerprint density at radius 2 is 2.24 bits per heavy atom. The zero-order chi connectivity index (χ0) is 12.6. The third kappa shape index (κ3) is 2.23. The third-order valence-electron chi connectivity index (χ3n) is 4.37. The predicted molar refractivity (Wildman–Crippen MR) is 70.1 cm³/mol. The summed E-state index contributed by atoms with van der Waals surface area (Å²) in [5.74, 6) is 0.634. The molecular weight excluding hydrogens is 210 g/mol. The summed E-state index contributed by atoms with van der Waals surface area (Å²) in [5, 5.41) is 9.44. The van der Waals surface area contributed by atoms with E-state index in [1.54, 1.807) is 0 Å². The first-order valence-electron chi connectivity index (χ1n) is 6.56. The molecule has 1 N–H and O–H groups in total. The van der Waals surface area contributed by atoms with E-state index in [-0.39, 0.29) is 11.5 Å². The van der Waals surface area contributed by atoms with Gasteiger partial charge in [0.05, 0.1) is 6.10 Å². The summed E-state index contributed by atoms with van der Waals surface area (Å²) in [6, 6.07) is 2.17. The van der Waals surface area contributed by atoms with Gasteiger partial charge in [0.25, 0.3) is 0 Å². The Bertz CT molecular complexity index is 409. The molecule has 2 atom stereocenters. The first kappa shape index (κ1) is 12.6. The molecule has 0 aliphatic heterocycles. The van der Waals surface area contributed by atoms with Gasteiger partial charge in [0.15, 0.2) is 0 Å². The van der Waals surface area contributed by atoms with Crippen LogP contribution in [-0.4, -0.2) is 16.2 Å². The molecule has 0 saturated carbocycles. The van der Waals surface area contributed by atoms with Crippen molar-refractivity contribution in [3.8, 4) is 0 Å². The molecule has 2 rings (SSSR count). The molecule has 2 heteroatoms. The van der Waals surface area contributed by atoms with Crippen molar-refractivity contribution in [3.05, 3.63) is 29.1 Å². The van der Waals surface area contributed by atoms with E-state index in [2.05, 4.69) is 31.8 Å². The van der Waals surface area contributed by atoms with Crippen LogP contribution in [0.25, 0.3) is 0 Å². The largest absolute Gasteiger partial charge is 0.393 e. The number of hydrogen-bond acceptors (Lipinski definition) is 2. The van der Waals surface area contributed by atoms with Gasteiger partial charge in [-0.3, -0.25) is 4.98 Å². The number of hydrogen-bond donors (Lipinski definition) is 1. The Balaban J connectivity index is 2.24. The Hall–Kier alpha value is -0.890. The summed E-state index contributed by atoms with van der Waals surface area (Å²) in [7, 11) is 0. The van der Waals surface area contributed by atoms with Gasteiger partial charge in [-0.05, 0) is 61.6 Å². The lowest BCUT2D eigenvalue weighted by molar-refractivity contribution is 0.165. The zero-order valence-electron chi connectivity index (χ0n) is 11.3. The van der Waals surface area contributed by atoms with Crippen LogP contribution in [0.1, 0.15) is 50.4 Å². The molecule has 0 amide bonds. The van der Waals surface area contributed by atoms with E-state index in [0.717, 1.165) is 19.3 Å². The predicted octanol–water partition coefficient (Wildman–Crippen LogP) is 3.00. The average molecular weight is 233 g/mol. The molecule has 1 aromatic rings. The van der Waals surface area contributed by atoms with Gasteiger partial charge in [0, 0.05) is 11.9 Å². The van der Waals surface area contributed by atoms with Gasteiger partial charge in [0.1, 0.15) is 0 Å². The fourth-order valence-corrected chi connectivity index (χ4v) is 3.09. The van der Waals surface area contributed by atoms with E-state index < -0.39 is 0 Å². The number of pyridine rings is 1. The number of aliphatic hydroxyl groups is 1. The van der Waals surface area contributed by atoms with Gasteiger partial charge in [0.2, 0.25) is 0 Å². The first-order valence-corrected chi connectivity index (χ1v) is 6.56. The third-order valence-corrected chi connectivity index (χ3v) is 4.37. The Morgan fingerprint density at radius 1 is 1.53 bits per heavy atom. The number of aryl methyl sites for hydroxylation is 1. The van der Waals surface area contributed by atoms with E-state index in [4.69, 9.17) is 0 Å². The fourth-order valence-electron chi connectivity index (χ4n) is 3.09. The van der Waals surface area contributed by atoms with E-state index in [9.17, 15) is 5.11 Å². The van der Waals surface area contributed by atoms with Crippen molar-refractivity contribution in [1.29, 1.82) is 0 Å². The normalized spacial score (nSPS) is 23.5. The molecule has 17 heavy (non-hydrogen) atoms. The molecule has 0 spiro atoms. The molecule has 1 aliphatic rings. The molecule has 1 unspecified atom stereocenters. The second kappa shape index (κ2) is 4.41. The van der Waals surface area contributed by atoms with Crippen molar-refractivity contribution < 1.29 is 5.11 Å². The number of fused-ring (bicyclic) bond motifs is 1. The van der Waals surface area contributed by atoms with E-state index in [0.29, 0.717) is 5.92 Å². The SMILES string of the molecule is Cc1nccc2c1CC(CC[C@@H](C)O)C2(C)C. The van der Waals surface area contributed by atoms with Crippen LogP contribution in [-0.2, 0) is 11.8 Å². The van der Waals surface area contributed by atoms with Crippen LogP contribution in [0.3, 0.4) is 0 Å². The van der Waals surface area contributed by atoms with Crippen LogP contribution in [0, 0.1) is 12.8 Å². The highest BCUT2D eigenvalue weighted by molar-refractivity contribution is 5.41. The quantitative estimate of drug-likeness (QED) is 0.870. The van der Waals surface area contributed by atoms with Gasteiger partial charge in [-0.1, -0.05) is 13.8 Å². The number of rotatable bonds is 3. The minimum Gasteiger partial charge on any atom is -0.393 e. The molecule has 0 saturated heterocycles. The smallest absolute Gasteiger partial charge is 0.0512 e. The van der Waals surface area contributed by atoms with Crippen LogP contribution in [0.5, 0.6) is 0 Å². The first-order chi connectivity index (χ1) is 7.93. The topological polar surface area (TPSA) is 33.1 Å². The van der Waals surface area contributed by atoms with Crippen molar-refractivity contribution in [2.45, 2.75) is 58.5 Å². The molecule has 94 valence electrons. The second-order valence-corrected chi connectivity index (χ2v) is 5.97. The lowest BCUT2D eigenvalue weighted by Gasteiger charge is -2.28. The van der Waals surface area contributed by atoms with Gasteiger partial charge in [-0.15, -0.1) is 0 Å². The number of nitrogens with zero attached hydrogens (tertiary/aromatic N) is 1. The summed E-state index contributed by atoms with van der Waals surface area (Å²) in [5.41, 5.74) is 4.29. The maximum absolute atomic E-state index is 9.44. The summed E-state index contributed by atoms with van der Waals surface area (Å²) in [4.78, 5) is 4.40. The lowest BCUT2D eigenvalue weighted by atomic mass is 9.76. The molecule has 1 aliphatic carbocycles. The summed E-state index contributed by atoms with van der Waals surface area (Å²) < 4.78 is 0. The maximum atomic E-state index is 9.44. The molecule has 1 heterocycles. The van der Waals surface area contributed by atoms with E-state index in [1.807, 2.05) is 13.1 Å². The Kier molecular flexibility index (Phi) is 3.26. The molecular formula is C15H23NO. The lowest BCUT2D eigenvalue weighted by Crippen LogP contribution is -2.25. The van der Waals surface area contributed by atoms with Gasteiger partial charge < -0.3 is 5.11 Å². The van der Waals surface area contributed by atoms with E-state index in [1.165, 1.54) is 16.8 Å². The van der Waals surface area contributed by atoms with Crippen molar-refractivity contribution >= 4 is 0 Å². The van der Waals surface area contributed by atoms with Crippen LogP contribution in [0.4, 0.5) is 0 Å². The minimum atomic E-state index is -0.186. The molecule has 0 aromatic carbocycles. The molecule has 0 bridgehead atoms. The maximum Gasteiger partial charge on any atom is 0.0512 e. The van der Waals surface area contributed by atoms with Gasteiger partial charge in [-0.25, -0.2) is 0 Å². The van der Waals surface area contributed by atoms with Crippen molar-refractivity contribution in [1.82, 2.24) is 4.98 Å². The van der Waals surface area contributed by atoms with Crippen LogP contribution in [0.2, 0.25) is 0 Å². The standard InChI is InChI=1S/C15H23NO/c1-10(17)5-6-12-9-13-11(2)16-8-7-14(13)15(12,3)4/h7-8,10,12,17H,5-6,9H2,1-4H3/t10-,12?/m1/s1. The Labute approximate surface area is 104 Å². The minimum absolute atomic E-state index is 0.186. The van der Waals surface area contributed by atoms with Crippen LogP contribution in [0.15, 0.2) is 12.3 Å². The van der Waals surface area contributed by atoms with Crippen molar-refractivity contribution in [3.63, 3.8) is 0 Å². The number of aromatic nitrogens is 1. The zero-order valence-corrected chi connectivity index (χ0v) is 11.3. The van der Waals surface area contributed by atoms with Crippen molar-refractivity contribution in [2.75, 3.05) is 0 Å². The monoisotopic (exact) mass is 233 g/mol. The highest BCUT2D eigenvalue weighted by atomic mass is 16.3. The molecule has 1 aromatic heterocycles. The molecule has 0 fully saturated rings. The highest BCUT2D eigenvalue weighted by Gasteiger charge is 2.39. The van der Waals surface area contributed by atoms with Crippen molar-refractivity contribution in [2.24, 2.45) is 5.92 Å². The van der Waals surface area contributed by atoms with Gasteiger partial charge >= 0.3 is 0 Å². The Morgan fingerprint density at radius 3 is 2.82 bits per heavy atom. The van der Waals surface area contributed by atoms with Gasteiger partial charge in [-0.2, -0.15) is 0 Å². The summed E-state index contributed by atoms with van der Waals surface area (Å²) >= 11 is 0. The highest BCUT2D eigenvalue weighted by Crippen LogP contribution is 2.45. The average Bonchev–Trinajstić information content (AvgIpc) is 2.50. The summed E-state index contributed by atoms with van der Waals surface area (Å²) in [6.07, 6.45) is 4.85.